The first-order chi connectivity index (χ1) is 8.66. The van der Waals surface area contributed by atoms with Crippen molar-refractivity contribution in [1.82, 2.24) is 4.98 Å². The number of nitrogens with zero attached hydrogens (tertiary/aromatic N) is 2. The van der Waals surface area contributed by atoms with Gasteiger partial charge in [0.1, 0.15) is 11.4 Å². The minimum Gasteiger partial charge on any atom is -0.372 e. The van der Waals surface area contributed by atoms with Crippen LogP contribution in [0.1, 0.15) is 32.6 Å². The topological polar surface area (TPSA) is 48.4 Å². The Morgan fingerprint density at radius 3 is 2.83 bits per heavy atom. The Hall–Kier alpha value is -1.00. The molecule has 2 heterocycles. The molecule has 0 aromatic carbocycles. The van der Waals surface area contributed by atoms with Gasteiger partial charge in [0.25, 0.3) is 0 Å². The molecule has 18 heavy (non-hydrogen) atoms. The van der Waals surface area contributed by atoms with Crippen molar-refractivity contribution in [3.63, 3.8) is 0 Å². The van der Waals surface area contributed by atoms with Gasteiger partial charge in [-0.05, 0) is 31.9 Å². The molecule has 2 aliphatic rings. The highest BCUT2D eigenvalue weighted by Crippen LogP contribution is 2.38. The van der Waals surface area contributed by atoms with Crippen LogP contribution in [0.4, 0.5) is 11.5 Å². The lowest BCUT2D eigenvalue weighted by atomic mass is 10.1. The summed E-state index contributed by atoms with van der Waals surface area (Å²) in [6.45, 7) is 2.03. The zero-order valence-electron chi connectivity index (χ0n) is 10.4. The van der Waals surface area contributed by atoms with E-state index >= 15 is 0 Å². The van der Waals surface area contributed by atoms with Crippen LogP contribution in [-0.2, 0) is 0 Å². The van der Waals surface area contributed by atoms with Crippen molar-refractivity contribution in [2.75, 3.05) is 10.2 Å². The summed E-state index contributed by atoms with van der Waals surface area (Å²) in [5.74, 6) is 0.882. The van der Waals surface area contributed by atoms with Gasteiger partial charge in [0.05, 0.1) is 11.7 Å². The zero-order chi connectivity index (χ0) is 12.7. The number of rotatable bonds is 1. The summed E-state index contributed by atoms with van der Waals surface area (Å²) in [6, 6.07) is 4.14. The molecule has 1 saturated carbocycles. The molecule has 1 unspecified atom stereocenters. The average Bonchev–Trinajstić information content (AvgIpc) is 2.85. The summed E-state index contributed by atoms with van der Waals surface area (Å²) in [7, 11) is 0. The van der Waals surface area contributed by atoms with Crippen molar-refractivity contribution in [2.24, 2.45) is 0 Å². The normalized spacial score (nSPS) is 28.1. The monoisotopic (exact) mass is 267 g/mol. The van der Waals surface area contributed by atoms with E-state index in [4.69, 9.17) is 11.6 Å². The molecule has 3 rings (SSSR count). The van der Waals surface area contributed by atoms with E-state index in [1.807, 2.05) is 13.0 Å². The molecule has 0 spiro atoms. The second kappa shape index (κ2) is 4.59. The van der Waals surface area contributed by atoms with Gasteiger partial charge in [-0.3, -0.25) is 0 Å². The van der Waals surface area contributed by atoms with E-state index in [9.17, 15) is 5.11 Å². The Morgan fingerprint density at radius 2 is 2.11 bits per heavy atom. The molecule has 0 amide bonds. The summed E-state index contributed by atoms with van der Waals surface area (Å²) in [6.07, 6.45) is 4.30. The SMILES string of the molecule is C[C@@H]1C(O)Nc2ccc(Cl)nc2N1C1CCCC1. The van der Waals surface area contributed by atoms with Crippen molar-refractivity contribution in [3.05, 3.63) is 17.3 Å². The summed E-state index contributed by atoms with van der Waals surface area (Å²) < 4.78 is 0. The minimum absolute atomic E-state index is 0.0200. The average molecular weight is 268 g/mol. The molecule has 1 aliphatic heterocycles. The van der Waals surface area contributed by atoms with E-state index in [1.54, 1.807) is 6.07 Å². The number of fused-ring (bicyclic) bond motifs is 1. The highest BCUT2D eigenvalue weighted by atomic mass is 35.5. The largest absolute Gasteiger partial charge is 0.372 e. The molecule has 0 radical (unpaired) electrons. The summed E-state index contributed by atoms with van der Waals surface area (Å²) in [5, 5.41) is 13.7. The summed E-state index contributed by atoms with van der Waals surface area (Å²) in [5.41, 5.74) is 0.872. The Kier molecular flexibility index (Phi) is 3.08. The van der Waals surface area contributed by atoms with Crippen molar-refractivity contribution in [2.45, 2.75) is 50.9 Å². The van der Waals surface area contributed by atoms with Crippen molar-refractivity contribution in [3.8, 4) is 0 Å². The molecule has 0 saturated heterocycles. The lowest BCUT2D eigenvalue weighted by molar-refractivity contribution is 0.164. The van der Waals surface area contributed by atoms with Gasteiger partial charge in [0.15, 0.2) is 5.82 Å². The van der Waals surface area contributed by atoms with Crippen molar-refractivity contribution in [1.29, 1.82) is 0 Å². The van der Waals surface area contributed by atoms with Crippen LogP contribution >= 0.6 is 11.6 Å². The first kappa shape index (κ1) is 12.1. The van der Waals surface area contributed by atoms with E-state index in [2.05, 4.69) is 15.2 Å². The van der Waals surface area contributed by atoms with Gasteiger partial charge in [-0.25, -0.2) is 4.98 Å². The number of aliphatic hydroxyl groups is 1. The van der Waals surface area contributed by atoms with Crippen molar-refractivity contribution >= 4 is 23.1 Å². The highest BCUT2D eigenvalue weighted by Gasteiger charge is 2.36. The maximum absolute atomic E-state index is 10.1. The lowest BCUT2D eigenvalue weighted by Crippen LogP contribution is -2.53. The number of nitrogens with one attached hydrogen (secondary N) is 1. The predicted octanol–water partition coefficient (Wildman–Crippen LogP) is 2.62. The lowest BCUT2D eigenvalue weighted by Gasteiger charge is -2.43. The third-order valence-corrected chi connectivity index (χ3v) is 4.21. The Bertz CT molecular complexity index is 448. The van der Waals surface area contributed by atoms with Crippen molar-refractivity contribution < 1.29 is 5.11 Å². The standard InChI is InChI=1S/C13H18ClN3O/c1-8-13(18)15-10-6-7-11(14)16-12(10)17(8)9-4-2-3-5-9/h6-9,13,15,18H,2-5H2,1H3/t8-,13?/m1/s1. The summed E-state index contributed by atoms with van der Waals surface area (Å²) in [4.78, 5) is 6.69. The molecular weight excluding hydrogens is 250 g/mol. The predicted molar refractivity (Wildman–Crippen MR) is 73.1 cm³/mol. The first-order valence-corrected chi connectivity index (χ1v) is 6.94. The van der Waals surface area contributed by atoms with Gasteiger partial charge in [0.2, 0.25) is 0 Å². The first-order valence-electron chi connectivity index (χ1n) is 6.56. The van der Waals surface area contributed by atoms with E-state index in [0.29, 0.717) is 11.2 Å². The fourth-order valence-corrected chi connectivity index (χ4v) is 3.19. The Morgan fingerprint density at radius 1 is 1.39 bits per heavy atom. The third-order valence-electron chi connectivity index (χ3n) is 4.00. The van der Waals surface area contributed by atoms with Gasteiger partial charge < -0.3 is 15.3 Å². The van der Waals surface area contributed by atoms with E-state index in [1.165, 1.54) is 25.7 Å². The van der Waals surface area contributed by atoms with E-state index < -0.39 is 6.23 Å². The molecule has 98 valence electrons. The van der Waals surface area contributed by atoms with E-state index in [0.717, 1.165) is 11.5 Å². The Labute approximate surface area is 112 Å². The molecule has 1 fully saturated rings. The zero-order valence-corrected chi connectivity index (χ0v) is 11.2. The van der Waals surface area contributed by atoms with Gasteiger partial charge in [-0.15, -0.1) is 0 Å². The molecule has 1 aromatic heterocycles. The second-order valence-electron chi connectivity index (χ2n) is 5.18. The van der Waals surface area contributed by atoms with Gasteiger partial charge in [0, 0.05) is 6.04 Å². The van der Waals surface area contributed by atoms with Crippen LogP contribution in [0.2, 0.25) is 5.15 Å². The molecule has 1 aromatic rings. The van der Waals surface area contributed by atoms with Crippen LogP contribution in [0.25, 0.3) is 0 Å². The number of hydrogen-bond donors (Lipinski definition) is 2. The van der Waals surface area contributed by atoms with Crippen LogP contribution < -0.4 is 10.2 Å². The molecular formula is C13H18ClN3O. The third kappa shape index (κ3) is 1.93. The van der Waals surface area contributed by atoms with Crippen LogP contribution in [0.15, 0.2) is 12.1 Å². The summed E-state index contributed by atoms with van der Waals surface area (Å²) >= 11 is 6.00. The molecule has 4 nitrogen and oxygen atoms in total. The molecule has 5 heteroatoms. The van der Waals surface area contributed by atoms with Gasteiger partial charge >= 0.3 is 0 Å². The fraction of sp³-hybridized carbons (Fsp3) is 0.615. The number of hydrogen-bond acceptors (Lipinski definition) is 4. The van der Waals surface area contributed by atoms with Crippen LogP contribution in [0.3, 0.4) is 0 Å². The Balaban J connectivity index is 2.02. The maximum Gasteiger partial charge on any atom is 0.154 e. The molecule has 0 bridgehead atoms. The smallest absolute Gasteiger partial charge is 0.154 e. The van der Waals surface area contributed by atoms with Crippen LogP contribution in [-0.4, -0.2) is 28.4 Å². The van der Waals surface area contributed by atoms with Crippen LogP contribution in [0, 0.1) is 0 Å². The van der Waals surface area contributed by atoms with Crippen LogP contribution in [0.5, 0.6) is 0 Å². The number of aromatic nitrogens is 1. The van der Waals surface area contributed by atoms with E-state index in [-0.39, 0.29) is 6.04 Å². The maximum atomic E-state index is 10.1. The molecule has 2 atom stereocenters. The van der Waals surface area contributed by atoms with Gasteiger partial charge in [-0.1, -0.05) is 24.4 Å². The second-order valence-corrected chi connectivity index (χ2v) is 5.57. The highest BCUT2D eigenvalue weighted by molar-refractivity contribution is 6.29. The fourth-order valence-electron chi connectivity index (χ4n) is 3.05. The quantitative estimate of drug-likeness (QED) is 0.768. The molecule has 2 N–H and O–H groups in total. The number of halogens is 1. The number of pyridine rings is 1. The minimum atomic E-state index is -0.555. The number of anilines is 2. The number of aliphatic hydroxyl groups excluding tert-OH is 1. The van der Waals surface area contributed by atoms with Gasteiger partial charge in [-0.2, -0.15) is 0 Å². The molecule has 1 aliphatic carbocycles.